The number of hydrogen-bond donors (Lipinski definition) is 1. The first kappa shape index (κ1) is 31.3. The Labute approximate surface area is 259 Å². The molecule has 2 fully saturated rings. The van der Waals surface area contributed by atoms with Gasteiger partial charge in [-0.3, -0.25) is 9.59 Å². The minimum absolute atomic E-state index is 0.102. The lowest BCUT2D eigenvalue weighted by Crippen LogP contribution is -2.58. The van der Waals surface area contributed by atoms with Gasteiger partial charge in [-0.2, -0.15) is 0 Å². The monoisotopic (exact) mass is 601 g/mol. The van der Waals surface area contributed by atoms with E-state index in [0.717, 1.165) is 11.1 Å². The highest BCUT2D eigenvalue weighted by atomic mass is 16.6. The van der Waals surface area contributed by atoms with Gasteiger partial charge in [-0.1, -0.05) is 60.7 Å². The van der Waals surface area contributed by atoms with Gasteiger partial charge in [0.1, 0.15) is 11.2 Å². The van der Waals surface area contributed by atoms with Crippen molar-refractivity contribution in [3.05, 3.63) is 78.2 Å². The molecule has 0 bridgehead atoms. The smallest absolute Gasteiger partial charge is 0.410 e. The molecular weight excluding hydrogens is 558 g/mol. The van der Waals surface area contributed by atoms with E-state index in [1.54, 1.807) is 16.1 Å². The van der Waals surface area contributed by atoms with Gasteiger partial charge < -0.3 is 29.1 Å². The third-order valence-electron chi connectivity index (χ3n) is 8.12. The Kier molecular flexibility index (Phi) is 8.83. The van der Waals surface area contributed by atoms with Gasteiger partial charge in [-0.15, -0.1) is 0 Å². The largest absolute Gasteiger partial charge is 0.444 e. The maximum Gasteiger partial charge on any atom is 0.410 e. The summed E-state index contributed by atoms with van der Waals surface area (Å²) in [6.45, 7) is 10.5. The maximum atomic E-state index is 14.4. The number of nitrogens with zero attached hydrogens (tertiary/aromatic N) is 5. The fourth-order valence-electron chi connectivity index (χ4n) is 6.03. The Morgan fingerprint density at radius 3 is 2.18 bits per heavy atom. The molecule has 44 heavy (non-hydrogen) atoms. The molecule has 5 rings (SSSR count). The molecule has 0 unspecified atom stereocenters. The molecule has 1 N–H and O–H groups in total. The van der Waals surface area contributed by atoms with E-state index in [4.69, 9.17) is 4.74 Å². The molecule has 2 saturated heterocycles. The number of hydrogen-bond acceptors (Lipinski definition) is 6. The van der Waals surface area contributed by atoms with Crippen LogP contribution in [0.3, 0.4) is 0 Å². The van der Waals surface area contributed by atoms with E-state index in [1.165, 1.54) is 13.8 Å². The van der Waals surface area contributed by atoms with E-state index in [-0.39, 0.29) is 30.0 Å². The highest BCUT2D eigenvalue weighted by Gasteiger charge is 2.39. The molecule has 1 aromatic heterocycles. The van der Waals surface area contributed by atoms with Crippen molar-refractivity contribution in [3.8, 4) is 11.3 Å². The molecule has 0 aliphatic carbocycles. The van der Waals surface area contributed by atoms with E-state index in [1.807, 2.05) is 90.9 Å². The standard InChI is InChI=1S/C34H43N5O5/c1-33(2,3)44-32(42)37-18-19-38(27(22-37)20-24-12-8-6-9-13-24)30(40)28-29(25-14-10-7-11-15-25)39(23-35-28)26-16-17-36(21-26)31(41)34(4,5)43/h6-15,23,26-27,43H,16-22H2,1-5H3/t26-,27-/m1/s1. The summed E-state index contributed by atoms with van der Waals surface area (Å²) in [7, 11) is 0. The molecule has 2 aliphatic heterocycles. The Balaban J connectivity index is 1.46. The second kappa shape index (κ2) is 12.4. The summed E-state index contributed by atoms with van der Waals surface area (Å²) in [5.41, 5.74) is 0.885. The molecule has 2 atom stereocenters. The van der Waals surface area contributed by atoms with Crippen molar-refractivity contribution in [1.82, 2.24) is 24.3 Å². The lowest BCUT2D eigenvalue weighted by atomic mass is 10.0. The number of rotatable bonds is 6. The molecule has 0 radical (unpaired) electrons. The third kappa shape index (κ3) is 6.96. The van der Waals surface area contributed by atoms with Crippen LogP contribution in [-0.2, 0) is 16.0 Å². The van der Waals surface area contributed by atoms with Crippen LogP contribution in [0.5, 0.6) is 0 Å². The van der Waals surface area contributed by atoms with Crippen LogP contribution < -0.4 is 0 Å². The van der Waals surface area contributed by atoms with Crippen LogP contribution in [0, 0.1) is 0 Å². The molecule has 0 saturated carbocycles. The molecule has 3 amide bonds. The van der Waals surface area contributed by atoms with Crippen molar-refractivity contribution in [2.75, 3.05) is 32.7 Å². The van der Waals surface area contributed by atoms with E-state index < -0.39 is 11.2 Å². The van der Waals surface area contributed by atoms with E-state index in [0.29, 0.717) is 57.0 Å². The number of aliphatic hydroxyl groups is 1. The number of piperazine rings is 1. The zero-order chi connectivity index (χ0) is 31.6. The van der Waals surface area contributed by atoms with Crippen LogP contribution >= 0.6 is 0 Å². The molecule has 10 heteroatoms. The van der Waals surface area contributed by atoms with Crippen molar-refractivity contribution < 1.29 is 24.2 Å². The minimum Gasteiger partial charge on any atom is -0.444 e. The van der Waals surface area contributed by atoms with Gasteiger partial charge in [0.05, 0.1) is 24.1 Å². The van der Waals surface area contributed by atoms with Crippen LogP contribution in [0.4, 0.5) is 4.79 Å². The fraction of sp³-hybridized carbons (Fsp3) is 0.471. The minimum atomic E-state index is -1.46. The zero-order valence-corrected chi connectivity index (χ0v) is 26.3. The van der Waals surface area contributed by atoms with Crippen LogP contribution in [0.2, 0.25) is 0 Å². The molecule has 3 aromatic rings. The fourth-order valence-corrected chi connectivity index (χ4v) is 6.03. The number of imidazole rings is 1. The molecular formula is C34H43N5O5. The highest BCUT2D eigenvalue weighted by molar-refractivity contribution is 5.98. The molecule has 3 heterocycles. The third-order valence-corrected chi connectivity index (χ3v) is 8.12. The summed E-state index contributed by atoms with van der Waals surface area (Å²) in [4.78, 5) is 50.2. The van der Waals surface area contributed by atoms with Gasteiger partial charge >= 0.3 is 6.09 Å². The number of likely N-dealkylation sites (tertiary alicyclic amines) is 1. The zero-order valence-electron chi connectivity index (χ0n) is 26.3. The summed E-state index contributed by atoms with van der Waals surface area (Å²) in [6.07, 6.45) is 2.56. The number of aromatic nitrogens is 2. The van der Waals surface area contributed by atoms with E-state index in [2.05, 4.69) is 4.98 Å². The average molecular weight is 602 g/mol. The van der Waals surface area contributed by atoms with Crippen molar-refractivity contribution in [2.24, 2.45) is 0 Å². The van der Waals surface area contributed by atoms with Crippen LogP contribution in [0.1, 0.15) is 63.1 Å². The van der Waals surface area contributed by atoms with Gasteiger partial charge in [0.2, 0.25) is 0 Å². The first-order chi connectivity index (χ1) is 20.8. The number of carbonyl (C=O) groups excluding carboxylic acids is 3. The first-order valence-corrected chi connectivity index (χ1v) is 15.3. The summed E-state index contributed by atoms with van der Waals surface area (Å²) in [5, 5.41) is 10.3. The van der Waals surface area contributed by atoms with E-state index in [9.17, 15) is 19.5 Å². The average Bonchev–Trinajstić information content (AvgIpc) is 3.64. The molecule has 2 aromatic carbocycles. The maximum absolute atomic E-state index is 14.4. The van der Waals surface area contributed by atoms with Crippen molar-refractivity contribution in [2.45, 2.75) is 70.7 Å². The highest BCUT2D eigenvalue weighted by Crippen LogP contribution is 2.33. The van der Waals surface area contributed by atoms with Crippen molar-refractivity contribution >= 4 is 17.9 Å². The summed E-state index contributed by atoms with van der Waals surface area (Å²) in [6, 6.07) is 19.3. The number of amides is 3. The van der Waals surface area contributed by atoms with Gasteiger partial charge in [-0.05, 0) is 53.0 Å². The predicted octanol–water partition coefficient (Wildman–Crippen LogP) is 4.40. The topological polar surface area (TPSA) is 108 Å². The summed E-state index contributed by atoms with van der Waals surface area (Å²) >= 11 is 0. The normalized spacial score (nSPS) is 19.3. The lowest BCUT2D eigenvalue weighted by molar-refractivity contribution is -0.146. The predicted molar refractivity (Wildman–Crippen MR) is 167 cm³/mol. The second-order valence-corrected chi connectivity index (χ2v) is 13.2. The summed E-state index contributed by atoms with van der Waals surface area (Å²) < 4.78 is 7.67. The van der Waals surface area contributed by atoms with Crippen LogP contribution in [0.15, 0.2) is 67.0 Å². The number of ether oxygens (including phenoxy) is 1. The Bertz CT molecular complexity index is 1480. The van der Waals surface area contributed by atoms with E-state index >= 15 is 0 Å². The Morgan fingerprint density at radius 2 is 1.55 bits per heavy atom. The second-order valence-electron chi connectivity index (χ2n) is 13.2. The Morgan fingerprint density at radius 1 is 0.886 bits per heavy atom. The molecule has 234 valence electrons. The number of benzene rings is 2. The Hall–Kier alpha value is -4.18. The van der Waals surface area contributed by atoms with Gasteiger partial charge in [0.15, 0.2) is 5.69 Å². The van der Waals surface area contributed by atoms with Crippen LogP contribution in [-0.4, -0.2) is 97.2 Å². The first-order valence-electron chi connectivity index (χ1n) is 15.3. The number of carbonyl (C=O) groups is 3. The molecule has 2 aliphatic rings. The lowest BCUT2D eigenvalue weighted by Gasteiger charge is -2.41. The van der Waals surface area contributed by atoms with Gasteiger partial charge in [0, 0.05) is 38.3 Å². The van der Waals surface area contributed by atoms with Crippen molar-refractivity contribution in [3.63, 3.8) is 0 Å². The van der Waals surface area contributed by atoms with Crippen LogP contribution in [0.25, 0.3) is 11.3 Å². The molecule has 0 spiro atoms. The molecule has 10 nitrogen and oxygen atoms in total. The SMILES string of the molecule is CC(C)(C)OC(=O)N1CCN(C(=O)c2ncn([C@@H]3CCN(C(=O)C(C)(C)O)C3)c2-c2ccccc2)[C@H](Cc2ccccc2)C1. The van der Waals surface area contributed by atoms with Crippen molar-refractivity contribution in [1.29, 1.82) is 0 Å². The quantitative estimate of drug-likeness (QED) is 0.449. The summed E-state index contributed by atoms with van der Waals surface area (Å²) in [5.74, 6) is -0.515. The van der Waals surface area contributed by atoms with Gasteiger partial charge in [-0.25, -0.2) is 9.78 Å². The van der Waals surface area contributed by atoms with Gasteiger partial charge in [0.25, 0.3) is 11.8 Å².